The van der Waals surface area contributed by atoms with Gasteiger partial charge in [-0.25, -0.2) is 14.8 Å². The van der Waals surface area contributed by atoms with Crippen LogP contribution in [-0.4, -0.2) is 46.4 Å². The Bertz CT molecular complexity index is 746. The van der Waals surface area contributed by atoms with Crippen LogP contribution in [0.5, 0.6) is 0 Å². The summed E-state index contributed by atoms with van der Waals surface area (Å²) in [5.74, 6) is 1.60. The summed E-state index contributed by atoms with van der Waals surface area (Å²) in [7, 11) is 0. The van der Waals surface area contributed by atoms with E-state index >= 15 is 0 Å². The number of carbonyl (C=O) groups excluding carboxylic acids is 1. The number of aryl methyl sites for hydroxylation is 1. The summed E-state index contributed by atoms with van der Waals surface area (Å²) in [5, 5.41) is 2.32. The maximum Gasteiger partial charge on any atom is 0.409 e. The van der Waals surface area contributed by atoms with E-state index in [2.05, 4.69) is 16.9 Å². The highest BCUT2D eigenvalue weighted by Gasteiger charge is 2.24. The van der Waals surface area contributed by atoms with Crippen LogP contribution in [0, 0.1) is 5.92 Å². The number of carbonyl (C=O) groups is 1. The zero-order valence-corrected chi connectivity index (χ0v) is 14.7. The Kier molecular flexibility index (Phi) is 4.15. The number of rotatable bonds is 4. The Morgan fingerprint density at radius 1 is 1.48 bits per heavy atom. The first-order valence-corrected chi connectivity index (χ1v) is 9.82. The molecule has 23 heavy (non-hydrogen) atoms. The third-order valence-electron chi connectivity index (χ3n) is 4.50. The molecule has 1 amide bonds. The van der Waals surface area contributed by atoms with Crippen molar-refractivity contribution in [2.45, 2.75) is 31.2 Å². The van der Waals surface area contributed by atoms with Gasteiger partial charge in [-0.1, -0.05) is 6.92 Å². The largest absolute Gasteiger partial charge is 0.448 e. The Hall–Kier alpha value is -1.34. The molecule has 0 saturated carbocycles. The van der Waals surface area contributed by atoms with E-state index in [1.807, 2.05) is 11.3 Å². The third kappa shape index (κ3) is 2.92. The zero-order chi connectivity index (χ0) is 15.8. The van der Waals surface area contributed by atoms with Gasteiger partial charge in [-0.2, -0.15) is 0 Å². The molecule has 1 aliphatic heterocycles. The van der Waals surface area contributed by atoms with Crippen molar-refractivity contribution < 1.29 is 9.53 Å². The van der Waals surface area contributed by atoms with Gasteiger partial charge < -0.3 is 9.64 Å². The molecule has 3 heterocycles. The van der Waals surface area contributed by atoms with Gasteiger partial charge in [0.1, 0.15) is 22.8 Å². The van der Waals surface area contributed by atoms with Crippen LogP contribution in [0.15, 0.2) is 11.4 Å². The number of hydrogen-bond donors (Lipinski definition) is 0. The summed E-state index contributed by atoms with van der Waals surface area (Å²) in [6, 6.07) is 0. The van der Waals surface area contributed by atoms with Crippen LogP contribution in [0.1, 0.15) is 23.8 Å². The minimum atomic E-state index is -0.194. The molecular formula is C16H19N3O2S2. The van der Waals surface area contributed by atoms with Crippen molar-refractivity contribution in [3.63, 3.8) is 0 Å². The number of ether oxygens (including phenoxy) is 1. The van der Waals surface area contributed by atoms with Crippen molar-refractivity contribution >= 4 is 39.4 Å². The summed E-state index contributed by atoms with van der Waals surface area (Å²) >= 11 is 3.55. The molecule has 2 aromatic rings. The predicted octanol–water partition coefficient (Wildman–Crippen LogP) is 3.36. The molecule has 0 N–H and O–H groups in total. The summed E-state index contributed by atoms with van der Waals surface area (Å²) in [4.78, 5) is 24.8. The second kappa shape index (κ2) is 6.28. The van der Waals surface area contributed by atoms with Crippen LogP contribution in [0.25, 0.3) is 10.2 Å². The predicted molar refractivity (Wildman–Crippen MR) is 92.2 cm³/mol. The molecule has 0 aromatic carbocycles. The van der Waals surface area contributed by atoms with Crippen LogP contribution >= 0.6 is 23.1 Å². The Balaban J connectivity index is 1.54. The highest BCUT2D eigenvalue weighted by atomic mass is 32.2. The quantitative estimate of drug-likeness (QED) is 0.626. The molecule has 0 radical (unpaired) electrons. The third-order valence-corrected chi connectivity index (χ3v) is 6.63. The molecule has 0 spiro atoms. The lowest BCUT2D eigenvalue weighted by Gasteiger charge is -2.18. The average molecular weight is 349 g/mol. The van der Waals surface area contributed by atoms with Gasteiger partial charge >= 0.3 is 6.09 Å². The van der Waals surface area contributed by atoms with Crippen LogP contribution < -0.4 is 0 Å². The fourth-order valence-electron chi connectivity index (χ4n) is 3.24. The summed E-state index contributed by atoms with van der Waals surface area (Å²) in [5.41, 5.74) is 1.46. The smallest absolute Gasteiger partial charge is 0.409 e. The number of amides is 1. The lowest BCUT2D eigenvalue weighted by molar-refractivity contribution is 0.160. The van der Waals surface area contributed by atoms with Gasteiger partial charge in [0.25, 0.3) is 0 Å². The molecule has 1 fully saturated rings. The molecule has 2 aliphatic rings. The number of aromatic nitrogens is 2. The minimum absolute atomic E-state index is 0.194. The van der Waals surface area contributed by atoms with Crippen LogP contribution in [0.3, 0.4) is 0 Å². The average Bonchev–Trinajstić information content (AvgIpc) is 3.10. The molecule has 4 rings (SSSR count). The molecule has 1 saturated heterocycles. The lowest BCUT2D eigenvalue weighted by Crippen LogP contribution is -2.26. The molecule has 2 aromatic heterocycles. The first kappa shape index (κ1) is 15.2. The van der Waals surface area contributed by atoms with E-state index in [0.717, 1.165) is 27.9 Å². The van der Waals surface area contributed by atoms with Crippen molar-refractivity contribution in [2.24, 2.45) is 5.92 Å². The normalized spacial score (nSPS) is 20.8. The van der Waals surface area contributed by atoms with Crippen LogP contribution in [-0.2, 0) is 17.6 Å². The lowest BCUT2D eigenvalue weighted by atomic mass is 9.89. The number of thiophene rings is 1. The van der Waals surface area contributed by atoms with Crippen LogP contribution in [0.2, 0.25) is 0 Å². The Morgan fingerprint density at radius 2 is 2.39 bits per heavy atom. The monoisotopic (exact) mass is 349 g/mol. The van der Waals surface area contributed by atoms with Crippen molar-refractivity contribution in [3.05, 3.63) is 16.8 Å². The molecule has 1 atom stereocenters. The highest BCUT2D eigenvalue weighted by Crippen LogP contribution is 2.40. The molecule has 0 unspecified atom stereocenters. The fraction of sp³-hybridized carbons (Fsp3) is 0.562. The van der Waals surface area contributed by atoms with Crippen molar-refractivity contribution in [1.29, 1.82) is 0 Å². The molecular weight excluding hydrogens is 330 g/mol. The van der Waals surface area contributed by atoms with E-state index in [4.69, 9.17) is 4.74 Å². The maximum atomic E-state index is 11.5. The van der Waals surface area contributed by atoms with Gasteiger partial charge in [-0.05, 0) is 30.7 Å². The second-order valence-corrected chi connectivity index (χ2v) is 8.33. The molecule has 0 bridgehead atoms. The SMILES string of the molecule is C[C@@H]1CCc2c(sc3ncnc(SCCN4CCOC4=O)c23)C1. The van der Waals surface area contributed by atoms with Crippen molar-refractivity contribution in [3.8, 4) is 0 Å². The summed E-state index contributed by atoms with van der Waals surface area (Å²) in [6.07, 6.45) is 5.02. The Labute approximate surface area is 143 Å². The van der Waals surface area contributed by atoms with E-state index < -0.39 is 0 Å². The standard InChI is InChI=1S/C16H19N3O2S2/c1-10-2-3-11-12(8-10)23-15-13(11)14(17-9-18-15)22-7-5-19-4-6-21-16(19)20/h9-10H,2-8H2,1H3/t10-/m1/s1. The van der Waals surface area contributed by atoms with Gasteiger partial charge in [0.2, 0.25) is 0 Å². The highest BCUT2D eigenvalue weighted by molar-refractivity contribution is 7.99. The van der Waals surface area contributed by atoms with Gasteiger partial charge in [-0.15, -0.1) is 23.1 Å². The maximum absolute atomic E-state index is 11.5. The molecule has 5 nitrogen and oxygen atoms in total. The van der Waals surface area contributed by atoms with E-state index in [-0.39, 0.29) is 6.09 Å². The van der Waals surface area contributed by atoms with E-state index in [1.165, 1.54) is 28.7 Å². The number of hydrogen-bond acceptors (Lipinski definition) is 6. The van der Waals surface area contributed by atoms with Crippen LogP contribution in [0.4, 0.5) is 4.79 Å². The second-order valence-electron chi connectivity index (χ2n) is 6.16. The summed E-state index contributed by atoms with van der Waals surface area (Å²) in [6.45, 7) is 4.24. The Morgan fingerprint density at radius 3 is 3.22 bits per heavy atom. The van der Waals surface area contributed by atoms with Gasteiger partial charge in [-0.3, -0.25) is 0 Å². The molecule has 122 valence electrons. The zero-order valence-electron chi connectivity index (χ0n) is 13.1. The van der Waals surface area contributed by atoms with Gasteiger partial charge in [0, 0.05) is 22.6 Å². The topological polar surface area (TPSA) is 55.3 Å². The van der Waals surface area contributed by atoms with E-state index in [1.54, 1.807) is 23.0 Å². The first-order chi connectivity index (χ1) is 11.2. The van der Waals surface area contributed by atoms with Crippen molar-refractivity contribution in [2.75, 3.05) is 25.4 Å². The molecule has 1 aliphatic carbocycles. The minimum Gasteiger partial charge on any atom is -0.448 e. The van der Waals surface area contributed by atoms with E-state index in [9.17, 15) is 4.79 Å². The first-order valence-electron chi connectivity index (χ1n) is 8.02. The van der Waals surface area contributed by atoms with Crippen molar-refractivity contribution in [1.82, 2.24) is 14.9 Å². The number of nitrogens with zero attached hydrogens (tertiary/aromatic N) is 3. The number of thioether (sulfide) groups is 1. The summed E-state index contributed by atoms with van der Waals surface area (Å²) < 4.78 is 4.96. The fourth-order valence-corrected chi connectivity index (χ4v) is 5.64. The molecule has 7 heteroatoms. The number of cyclic esters (lactones) is 1. The van der Waals surface area contributed by atoms with E-state index in [0.29, 0.717) is 19.7 Å². The van der Waals surface area contributed by atoms with Gasteiger partial charge in [0.05, 0.1) is 6.54 Å². The number of fused-ring (bicyclic) bond motifs is 3. The van der Waals surface area contributed by atoms with Gasteiger partial charge in [0.15, 0.2) is 0 Å².